The van der Waals surface area contributed by atoms with Crippen molar-refractivity contribution >= 4 is 11.9 Å². The molecule has 2 rings (SSSR count). The summed E-state index contributed by atoms with van der Waals surface area (Å²) in [6.07, 6.45) is 0.952. The Hall–Kier alpha value is -2.56. The van der Waals surface area contributed by atoms with Crippen molar-refractivity contribution in [1.29, 1.82) is 0 Å². The van der Waals surface area contributed by atoms with E-state index in [1.54, 1.807) is 6.92 Å². The zero-order valence-corrected chi connectivity index (χ0v) is 16.3. The number of nitrogens with zero attached hydrogens (tertiary/aromatic N) is 1. The van der Waals surface area contributed by atoms with Crippen LogP contribution in [-0.4, -0.2) is 23.1 Å². The van der Waals surface area contributed by atoms with Gasteiger partial charge in [-0.15, -0.1) is 0 Å². The van der Waals surface area contributed by atoms with Gasteiger partial charge in [0.25, 0.3) is 0 Å². The van der Waals surface area contributed by atoms with E-state index < -0.39 is 0 Å². The predicted molar refractivity (Wildman–Crippen MR) is 102 cm³/mol. The first-order chi connectivity index (χ1) is 12.4. The Morgan fingerprint density at radius 2 is 1.85 bits per heavy atom. The minimum Gasteiger partial charge on any atom is -0.462 e. The summed E-state index contributed by atoms with van der Waals surface area (Å²) in [5, 5.41) is 3.03. The molecule has 140 valence electrons. The summed E-state index contributed by atoms with van der Waals surface area (Å²) in [4.78, 5) is 24.5. The lowest BCUT2D eigenvalue weighted by atomic mass is 10.1. The van der Waals surface area contributed by atoms with Gasteiger partial charge >= 0.3 is 5.97 Å². The zero-order chi connectivity index (χ0) is 19.3. The van der Waals surface area contributed by atoms with E-state index in [9.17, 15) is 9.59 Å². The topological polar surface area (TPSA) is 60.3 Å². The van der Waals surface area contributed by atoms with E-state index in [1.807, 2.05) is 62.7 Å². The summed E-state index contributed by atoms with van der Waals surface area (Å²) in [7, 11) is 1.92. The van der Waals surface area contributed by atoms with Crippen molar-refractivity contribution in [2.45, 2.75) is 46.6 Å². The number of hydrogen-bond acceptors (Lipinski definition) is 3. The third-order valence-electron chi connectivity index (χ3n) is 4.82. The van der Waals surface area contributed by atoms with Gasteiger partial charge in [0.05, 0.1) is 18.2 Å². The molecule has 0 fully saturated rings. The molecule has 0 aliphatic heterocycles. The van der Waals surface area contributed by atoms with Gasteiger partial charge < -0.3 is 14.6 Å². The number of esters is 1. The second kappa shape index (κ2) is 8.70. The van der Waals surface area contributed by atoms with Gasteiger partial charge in [-0.25, -0.2) is 4.79 Å². The average molecular weight is 356 g/mol. The first kappa shape index (κ1) is 19.8. The van der Waals surface area contributed by atoms with Crippen molar-refractivity contribution < 1.29 is 14.3 Å². The highest BCUT2D eigenvalue weighted by Crippen LogP contribution is 2.23. The molecule has 0 aliphatic carbocycles. The summed E-state index contributed by atoms with van der Waals surface area (Å²) in [6, 6.07) is 9.85. The maximum atomic E-state index is 12.3. The summed E-state index contributed by atoms with van der Waals surface area (Å²) < 4.78 is 7.14. The van der Waals surface area contributed by atoms with Crippen LogP contribution in [0.15, 0.2) is 30.3 Å². The average Bonchev–Trinajstić information content (AvgIpc) is 2.83. The third kappa shape index (κ3) is 4.34. The van der Waals surface area contributed by atoms with Crippen LogP contribution in [0.3, 0.4) is 0 Å². The van der Waals surface area contributed by atoms with Crippen LogP contribution in [0.4, 0.5) is 0 Å². The highest BCUT2D eigenvalue weighted by molar-refractivity contribution is 5.93. The third-order valence-corrected chi connectivity index (χ3v) is 4.82. The van der Waals surface area contributed by atoms with Crippen molar-refractivity contribution in [2.24, 2.45) is 7.05 Å². The number of nitrogens with one attached hydrogen (secondary N) is 1. The Kier molecular flexibility index (Phi) is 6.61. The Morgan fingerprint density at radius 3 is 2.46 bits per heavy atom. The predicted octanol–water partition coefficient (Wildman–Crippen LogP) is 3.63. The molecule has 1 aromatic heterocycles. The molecular formula is C21H28N2O3. The van der Waals surface area contributed by atoms with Gasteiger partial charge in [0.15, 0.2) is 0 Å². The molecule has 1 aromatic carbocycles. The molecule has 5 nitrogen and oxygen atoms in total. The van der Waals surface area contributed by atoms with E-state index in [2.05, 4.69) is 5.32 Å². The maximum absolute atomic E-state index is 12.3. The van der Waals surface area contributed by atoms with Crippen LogP contribution in [0.25, 0.3) is 0 Å². The SMILES string of the molecule is CCOC(=O)c1c(C)c(CCC(=O)NC(C)c2ccccc2)n(C)c1C. The normalized spacial score (nSPS) is 11.9. The van der Waals surface area contributed by atoms with Crippen LogP contribution < -0.4 is 5.32 Å². The Bertz CT molecular complexity index is 778. The van der Waals surface area contributed by atoms with Gasteiger partial charge in [-0.05, 0) is 45.2 Å². The van der Waals surface area contributed by atoms with Crippen molar-refractivity contribution in [2.75, 3.05) is 6.61 Å². The molecule has 5 heteroatoms. The molecule has 1 N–H and O–H groups in total. The number of benzene rings is 1. The standard InChI is InChI=1S/C21H28N2O3/c1-6-26-21(25)20-14(2)18(23(5)16(20)4)12-13-19(24)22-15(3)17-10-8-7-9-11-17/h7-11,15H,6,12-13H2,1-5H3,(H,22,24). The van der Waals surface area contributed by atoms with Crippen LogP contribution in [0.1, 0.15) is 59.2 Å². The molecule has 2 aromatic rings. The number of rotatable bonds is 7. The number of ether oxygens (including phenoxy) is 1. The second-order valence-corrected chi connectivity index (χ2v) is 6.51. The van der Waals surface area contributed by atoms with Gasteiger partial charge in [-0.2, -0.15) is 0 Å². The van der Waals surface area contributed by atoms with Gasteiger partial charge in [-0.1, -0.05) is 30.3 Å². The van der Waals surface area contributed by atoms with Gasteiger partial charge in [0, 0.05) is 24.9 Å². The quantitative estimate of drug-likeness (QED) is 0.771. The van der Waals surface area contributed by atoms with E-state index in [-0.39, 0.29) is 17.9 Å². The largest absolute Gasteiger partial charge is 0.462 e. The lowest BCUT2D eigenvalue weighted by Crippen LogP contribution is -2.27. The van der Waals surface area contributed by atoms with Crippen molar-refractivity contribution in [3.05, 3.63) is 58.4 Å². The molecule has 1 unspecified atom stereocenters. The number of carbonyl (C=O) groups is 2. The fourth-order valence-corrected chi connectivity index (χ4v) is 3.27. The molecular weight excluding hydrogens is 328 g/mol. The molecule has 1 atom stereocenters. The van der Waals surface area contributed by atoms with E-state index in [0.29, 0.717) is 25.0 Å². The molecule has 1 amide bonds. The minimum absolute atomic E-state index is 0.00251. The molecule has 0 aliphatic rings. The van der Waals surface area contributed by atoms with E-state index >= 15 is 0 Å². The molecule has 0 saturated heterocycles. The summed E-state index contributed by atoms with van der Waals surface area (Å²) >= 11 is 0. The Balaban J connectivity index is 2.04. The van der Waals surface area contributed by atoms with Crippen LogP contribution in [0.2, 0.25) is 0 Å². The van der Waals surface area contributed by atoms with Crippen molar-refractivity contribution in [3.8, 4) is 0 Å². The van der Waals surface area contributed by atoms with E-state index in [1.165, 1.54) is 0 Å². The van der Waals surface area contributed by atoms with Crippen LogP contribution in [0, 0.1) is 13.8 Å². The van der Waals surface area contributed by atoms with Gasteiger partial charge in [-0.3, -0.25) is 4.79 Å². The highest BCUT2D eigenvalue weighted by atomic mass is 16.5. The van der Waals surface area contributed by atoms with Crippen LogP contribution in [0.5, 0.6) is 0 Å². The smallest absolute Gasteiger partial charge is 0.340 e. The van der Waals surface area contributed by atoms with Gasteiger partial charge in [0.1, 0.15) is 0 Å². The molecule has 0 bridgehead atoms. The highest BCUT2D eigenvalue weighted by Gasteiger charge is 2.22. The number of amides is 1. The summed E-state index contributed by atoms with van der Waals surface area (Å²) in [5.41, 5.74) is 4.45. The molecule has 0 spiro atoms. The Labute approximate surface area is 155 Å². The fourth-order valence-electron chi connectivity index (χ4n) is 3.27. The second-order valence-electron chi connectivity index (χ2n) is 6.51. The number of hydrogen-bond donors (Lipinski definition) is 1. The lowest BCUT2D eigenvalue weighted by Gasteiger charge is -2.14. The lowest BCUT2D eigenvalue weighted by molar-refractivity contribution is -0.121. The monoisotopic (exact) mass is 356 g/mol. The summed E-state index contributed by atoms with van der Waals surface area (Å²) in [6.45, 7) is 7.94. The van der Waals surface area contributed by atoms with Gasteiger partial charge in [0.2, 0.25) is 5.91 Å². The first-order valence-corrected chi connectivity index (χ1v) is 9.03. The van der Waals surface area contributed by atoms with E-state index in [4.69, 9.17) is 4.74 Å². The Morgan fingerprint density at radius 1 is 1.19 bits per heavy atom. The molecule has 0 saturated carbocycles. The summed E-state index contributed by atoms with van der Waals surface area (Å²) in [5.74, 6) is -0.302. The first-order valence-electron chi connectivity index (χ1n) is 9.03. The molecule has 1 heterocycles. The molecule has 0 radical (unpaired) electrons. The fraction of sp³-hybridized carbons (Fsp3) is 0.429. The number of aromatic nitrogens is 1. The number of carbonyl (C=O) groups excluding carboxylic acids is 2. The minimum atomic E-state index is -0.300. The van der Waals surface area contributed by atoms with E-state index in [0.717, 1.165) is 22.5 Å². The zero-order valence-electron chi connectivity index (χ0n) is 16.3. The van der Waals surface area contributed by atoms with Crippen LogP contribution in [-0.2, 0) is 23.0 Å². The van der Waals surface area contributed by atoms with Crippen molar-refractivity contribution in [3.63, 3.8) is 0 Å². The van der Waals surface area contributed by atoms with Crippen LogP contribution >= 0.6 is 0 Å². The van der Waals surface area contributed by atoms with Crippen molar-refractivity contribution in [1.82, 2.24) is 9.88 Å². The molecule has 26 heavy (non-hydrogen) atoms. The maximum Gasteiger partial charge on any atom is 0.340 e.